The molecule has 0 N–H and O–H groups in total. The van der Waals surface area contributed by atoms with Crippen LogP contribution in [-0.4, -0.2) is 19.6 Å². The zero-order chi connectivity index (χ0) is 4.50. The van der Waals surface area contributed by atoms with Crippen LogP contribution in [-0.2, 0) is 0 Å². The predicted molar refractivity (Wildman–Crippen MR) is 31.2 cm³/mol. The van der Waals surface area contributed by atoms with Gasteiger partial charge in [0.05, 0.1) is 0 Å². The van der Waals surface area contributed by atoms with E-state index in [0.29, 0.717) is 0 Å². The normalized spacial score (nSPS) is 9.83. The van der Waals surface area contributed by atoms with Crippen molar-refractivity contribution in [2.75, 3.05) is 13.3 Å². The summed E-state index contributed by atoms with van der Waals surface area (Å²) in [6, 6.07) is 0. The summed E-state index contributed by atoms with van der Waals surface area (Å²) in [4.78, 5) is 0. The van der Waals surface area contributed by atoms with Crippen LogP contribution >= 0.6 is 6.89 Å². The summed E-state index contributed by atoms with van der Waals surface area (Å²) in [7, 11) is 0. The standard InChI is InChI=1S/C4H10P.Rf/c1-5(2,3)4;/h1-2H2,3-4H3;/q-1;. The van der Waals surface area contributed by atoms with Crippen molar-refractivity contribution >= 4 is 13.2 Å². The number of rotatable bonds is 0. The monoisotopic (exact) mass is 356 g/mol. The van der Waals surface area contributed by atoms with Gasteiger partial charge in [0.1, 0.15) is 0 Å². The average Bonchev–Trinajstić information content (AvgIpc) is 0.722. The van der Waals surface area contributed by atoms with E-state index >= 15 is 0 Å². The van der Waals surface area contributed by atoms with E-state index < -0.39 is 6.89 Å². The molecule has 34 valence electrons. The fraction of sp³-hybridized carbons (Fsp3) is 0.500. The summed E-state index contributed by atoms with van der Waals surface area (Å²) in [6.45, 7) is 7.03. The van der Waals surface area contributed by atoms with Gasteiger partial charge in [0.25, 0.3) is 0 Å². The minimum Gasteiger partial charge on any atom is -0.316 e. The van der Waals surface area contributed by atoms with Gasteiger partial charge in [0.2, 0.25) is 0 Å². The van der Waals surface area contributed by atoms with Gasteiger partial charge in [0, 0.05) is 0 Å². The maximum atomic E-state index is 3.77. The van der Waals surface area contributed by atoms with E-state index in [0.717, 1.165) is 0 Å². The Balaban J connectivity index is 0. The topological polar surface area (TPSA) is 0 Å². The fourth-order valence-electron chi connectivity index (χ4n) is 0. The van der Waals surface area contributed by atoms with Crippen molar-refractivity contribution in [1.82, 2.24) is 0 Å². The Morgan fingerprint density at radius 2 is 1.50 bits per heavy atom. The van der Waals surface area contributed by atoms with Crippen LogP contribution in [0, 0.1) is 6.66 Å². The van der Waals surface area contributed by atoms with Crippen LogP contribution in [0.25, 0.3) is 0 Å². The quantitative estimate of drug-likeness (QED) is 0.456. The molecule has 2 heteroatoms. The third kappa shape index (κ3) is 35.6. The van der Waals surface area contributed by atoms with Gasteiger partial charge in [-0.1, -0.05) is 13.3 Å². The maximum Gasteiger partial charge on any atom is 0 e. The van der Waals surface area contributed by atoms with Crippen LogP contribution in [0.2, 0.25) is 0 Å². The Bertz CT molecular complexity index is 53.7. The molecule has 0 bridgehead atoms. The van der Waals surface area contributed by atoms with Crippen LogP contribution in [0.5, 0.6) is 0 Å². The Morgan fingerprint density at radius 1 is 1.50 bits per heavy atom. The van der Waals surface area contributed by atoms with Crippen LogP contribution < -0.4 is 0 Å². The zero-order valence-corrected chi connectivity index (χ0v) is 11.9. The Hall–Kier alpha value is -0.700. The Morgan fingerprint density at radius 3 is 1.50 bits per heavy atom. The molecule has 0 nitrogen and oxygen atoms in total. The van der Waals surface area contributed by atoms with E-state index in [4.69, 9.17) is 0 Å². The van der Waals surface area contributed by atoms with E-state index in [1.807, 2.05) is 0 Å². The molecule has 6 heavy (non-hydrogen) atoms. The van der Waals surface area contributed by atoms with Gasteiger partial charge < -0.3 is 6.66 Å². The van der Waals surface area contributed by atoms with Crippen molar-refractivity contribution in [1.29, 1.82) is 0 Å². The number of hydrogen-bond acceptors (Lipinski definition) is 0. The Labute approximate surface area is 34.2 Å². The SMILES string of the molecule is C=P([CH2-])(C)C.[Rf]. The van der Waals surface area contributed by atoms with E-state index in [1.54, 1.807) is 0 Å². The van der Waals surface area contributed by atoms with Gasteiger partial charge in [0.15, 0.2) is 0 Å². The molecule has 0 spiro atoms. The molecular weight excluding hydrogens is 346 g/mol. The summed E-state index contributed by atoms with van der Waals surface area (Å²) in [5.41, 5.74) is 0. The molecule has 0 saturated heterocycles. The van der Waals surface area contributed by atoms with Crippen molar-refractivity contribution < 1.29 is 0 Å². The summed E-state index contributed by atoms with van der Waals surface area (Å²) in [5, 5.41) is 0. The van der Waals surface area contributed by atoms with Gasteiger partial charge in [-0.3, -0.25) is 6.89 Å². The average molecular weight is 356 g/mol. The second-order valence-corrected chi connectivity index (χ2v) is 5.81. The van der Waals surface area contributed by atoms with E-state index in [-0.39, 0.29) is 0 Å². The van der Waals surface area contributed by atoms with Crippen LogP contribution in [0.4, 0.5) is 0 Å². The molecule has 0 aliphatic heterocycles. The molecule has 0 atom stereocenters. The van der Waals surface area contributed by atoms with Gasteiger partial charge in [-0.05, 0) is 0 Å². The molecule has 0 fully saturated rings. The van der Waals surface area contributed by atoms with E-state index in [9.17, 15) is 0 Å². The fourth-order valence-corrected chi connectivity index (χ4v) is 0. The van der Waals surface area contributed by atoms with Gasteiger partial charge >= 0.3 is 0 Å². The molecule has 0 aliphatic rings. The summed E-state index contributed by atoms with van der Waals surface area (Å²) >= 11 is 0. The molecule has 0 unspecified atom stereocenters. The second kappa shape index (κ2) is 1.67. The smallest absolute Gasteiger partial charge is 0 e. The van der Waals surface area contributed by atoms with Crippen molar-refractivity contribution in [3.8, 4) is 0 Å². The third-order valence-electron chi connectivity index (χ3n) is 0. The van der Waals surface area contributed by atoms with Crippen molar-refractivity contribution in [2.24, 2.45) is 0 Å². The molecule has 0 radical (unpaired) electrons. The number of hydrogen-bond donors (Lipinski definition) is 0. The van der Waals surface area contributed by atoms with Crippen LogP contribution in [0.15, 0.2) is 0 Å². The molecule has 0 rings (SSSR count). The Kier molecular flexibility index (Phi) is 2.50. The first-order valence-electron chi connectivity index (χ1n) is 1.53. The largest absolute Gasteiger partial charge is 0.316 e. The predicted octanol–water partition coefficient (Wildman–Crippen LogP) is 1.49. The summed E-state index contributed by atoms with van der Waals surface area (Å²) in [5.74, 6) is 0. The minimum absolute atomic E-state index is 0. The molecule has 0 amide bonds. The van der Waals surface area contributed by atoms with Gasteiger partial charge in [-0.2, -0.15) is 0 Å². The molecule has 0 aliphatic carbocycles. The van der Waals surface area contributed by atoms with Crippen LogP contribution in [0.1, 0.15) is 0 Å². The summed E-state index contributed by atoms with van der Waals surface area (Å²) < 4.78 is 0. The minimum atomic E-state index is -0.889. The van der Waals surface area contributed by atoms with Crippen molar-refractivity contribution in [3.63, 3.8) is 0 Å². The van der Waals surface area contributed by atoms with E-state index in [1.165, 1.54) is 0 Å². The summed E-state index contributed by atoms with van der Waals surface area (Å²) in [6.07, 6.45) is 3.77. The van der Waals surface area contributed by atoms with Crippen molar-refractivity contribution in [3.05, 3.63) is 6.66 Å². The van der Waals surface area contributed by atoms with Crippen molar-refractivity contribution in [2.45, 2.75) is 0 Å². The first kappa shape index (κ1) is 9.00. The molecule has 0 heterocycles. The first-order valence-corrected chi connectivity index (χ1v) is 4.58. The second-order valence-electron chi connectivity index (χ2n) is 1.94. The molecule has 0 aromatic rings. The van der Waals surface area contributed by atoms with Gasteiger partial charge in [-0.15, -0.1) is 6.30 Å². The zero-order valence-electron chi connectivity index (χ0n) is 4.57. The molecule has 0 aromatic heterocycles. The molecule has 0 saturated carbocycles. The van der Waals surface area contributed by atoms with Crippen LogP contribution in [0.3, 0.4) is 0 Å². The molecular formula is C4H10PRf-. The van der Waals surface area contributed by atoms with E-state index in [2.05, 4.69) is 26.3 Å². The third-order valence-corrected chi connectivity index (χ3v) is 0. The maximum absolute atomic E-state index is 3.77. The first-order chi connectivity index (χ1) is 2.00. The molecule has 0 aromatic carbocycles. The van der Waals surface area contributed by atoms with Gasteiger partial charge in [-0.25, -0.2) is 0 Å².